The van der Waals surface area contributed by atoms with Crippen LogP contribution in [0.3, 0.4) is 0 Å². The Morgan fingerprint density at radius 1 is 1.10 bits per heavy atom. The predicted molar refractivity (Wildman–Crippen MR) is 113 cm³/mol. The molecule has 1 N–H and O–H groups in total. The minimum absolute atomic E-state index is 0.585. The van der Waals surface area contributed by atoms with Gasteiger partial charge in [0.15, 0.2) is 11.5 Å². The van der Waals surface area contributed by atoms with Crippen LogP contribution in [0.2, 0.25) is 0 Å². The highest BCUT2D eigenvalue weighted by atomic mass is 16.5. The lowest BCUT2D eigenvalue weighted by atomic mass is 10.2. The van der Waals surface area contributed by atoms with Crippen LogP contribution >= 0.6 is 0 Å². The average Bonchev–Trinajstić information content (AvgIpc) is 2.74. The summed E-state index contributed by atoms with van der Waals surface area (Å²) in [7, 11) is 1.65. The number of morpholine rings is 1. The lowest BCUT2D eigenvalue weighted by Crippen LogP contribution is -2.38. The van der Waals surface area contributed by atoms with Crippen molar-refractivity contribution in [2.45, 2.75) is 6.92 Å². The lowest BCUT2D eigenvalue weighted by Gasteiger charge is -2.26. The van der Waals surface area contributed by atoms with Gasteiger partial charge in [0.05, 0.1) is 25.8 Å². The fraction of sp³-hybridized carbons (Fsp3) is 0.364. The molecule has 0 bridgehead atoms. The van der Waals surface area contributed by atoms with E-state index in [1.165, 1.54) is 5.56 Å². The van der Waals surface area contributed by atoms with Gasteiger partial charge in [0.25, 0.3) is 0 Å². The third-order valence-electron chi connectivity index (χ3n) is 4.97. The molecule has 0 aliphatic carbocycles. The van der Waals surface area contributed by atoms with Crippen molar-refractivity contribution in [2.75, 3.05) is 51.9 Å². The number of ether oxygens (including phenoxy) is 3. The van der Waals surface area contributed by atoms with Crippen molar-refractivity contribution in [2.24, 2.45) is 0 Å². The summed E-state index contributed by atoms with van der Waals surface area (Å²) in [5.74, 6) is 2.09. The van der Waals surface area contributed by atoms with Crippen LogP contribution in [-0.4, -0.2) is 61.4 Å². The molecule has 3 aromatic rings. The summed E-state index contributed by atoms with van der Waals surface area (Å²) in [4.78, 5) is 11.2. The normalized spacial score (nSPS) is 14.7. The van der Waals surface area contributed by atoms with Crippen LogP contribution in [0.4, 0.5) is 11.5 Å². The van der Waals surface area contributed by atoms with Gasteiger partial charge in [-0.05, 0) is 30.7 Å². The van der Waals surface area contributed by atoms with Crippen LogP contribution in [-0.2, 0) is 4.74 Å². The molecule has 0 radical (unpaired) electrons. The summed E-state index contributed by atoms with van der Waals surface area (Å²) in [6.45, 7) is 6.96. The number of aryl methyl sites for hydroxylation is 1. The van der Waals surface area contributed by atoms with E-state index in [0.29, 0.717) is 18.1 Å². The van der Waals surface area contributed by atoms with Crippen molar-refractivity contribution in [3.8, 4) is 11.5 Å². The smallest absolute Gasteiger partial charge is 0.163 e. The van der Waals surface area contributed by atoms with E-state index >= 15 is 0 Å². The van der Waals surface area contributed by atoms with Crippen LogP contribution in [0.15, 0.2) is 42.7 Å². The molecule has 7 nitrogen and oxygen atoms in total. The van der Waals surface area contributed by atoms with E-state index in [-0.39, 0.29) is 0 Å². The number of nitrogens with one attached hydrogen (secondary N) is 1. The predicted octanol–water partition coefficient (Wildman–Crippen LogP) is 3.40. The fourth-order valence-electron chi connectivity index (χ4n) is 3.40. The van der Waals surface area contributed by atoms with Gasteiger partial charge >= 0.3 is 0 Å². The second kappa shape index (κ2) is 9.07. The van der Waals surface area contributed by atoms with Crippen molar-refractivity contribution in [3.05, 3.63) is 48.3 Å². The molecule has 0 saturated carbocycles. The Labute approximate surface area is 170 Å². The van der Waals surface area contributed by atoms with Crippen molar-refractivity contribution < 1.29 is 14.2 Å². The molecule has 1 fully saturated rings. The Morgan fingerprint density at radius 3 is 2.76 bits per heavy atom. The van der Waals surface area contributed by atoms with E-state index in [1.807, 2.05) is 24.3 Å². The summed E-state index contributed by atoms with van der Waals surface area (Å²) in [5.41, 5.74) is 2.97. The highest BCUT2D eigenvalue weighted by molar-refractivity contribution is 5.93. The Hall–Kier alpha value is -2.90. The van der Waals surface area contributed by atoms with Gasteiger partial charge in [-0.25, -0.2) is 9.97 Å². The SMILES string of the molecule is COc1cc2c(Nc3cccc(C)c3)ncnc2cc1OCCN1CCOCC1. The molecule has 29 heavy (non-hydrogen) atoms. The molecule has 7 heteroatoms. The lowest BCUT2D eigenvalue weighted by molar-refractivity contribution is 0.0321. The first-order chi connectivity index (χ1) is 14.2. The molecule has 1 aliphatic rings. The number of benzene rings is 2. The van der Waals surface area contributed by atoms with E-state index in [0.717, 1.165) is 55.3 Å². The van der Waals surface area contributed by atoms with Gasteiger partial charge in [-0.2, -0.15) is 0 Å². The second-order valence-electron chi connectivity index (χ2n) is 7.04. The molecule has 2 heterocycles. The molecule has 0 atom stereocenters. The summed E-state index contributed by atoms with van der Waals surface area (Å²) < 4.78 is 17.0. The monoisotopic (exact) mass is 394 g/mol. The van der Waals surface area contributed by atoms with Crippen molar-refractivity contribution in [1.82, 2.24) is 14.9 Å². The molecule has 0 spiro atoms. The van der Waals surface area contributed by atoms with E-state index < -0.39 is 0 Å². The summed E-state index contributed by atoms with van der Waals surface area (Å²) >= 11 is 0. The quantitative estimate of drug-likeness (QED) is 0.659. The number of methoxy groups -OCH3 is 1. The summed E-state index contributed by atoms with van der Waals surface area (Å²) in [5, 5.41) is 4.26. The van der Waals surface area contributed by atoms with E-state index in [1.54, 1.807) is 13.4 Å². The van der Waals surface area contributed by atoms with Crippen LogP contribution in [0.5, 0.6) is 11.5 Å². The number of hydrogen-bond donors (Lipinski definition) is 1. The number of rotatable bonds is 7. The number of fused-ring (bicyclic) bond motifs is 1. The summed E-state index contributed by atoms with van der Waals surface area (Å²) in [6.07, 6.45) is 1.56. The standard InChI is InChI=1S/C22H26N4O3/c1-16-4-3-5-17(12-16)25-22-18-13-20(27-2)21(14-19(18)23-15-24-22)29-11-8-26-6-9-28-10-7-26/h3-5,12-15H,6-11H2,1-2H3,(H,23,24,25). The van der Waals surface area contributed by atoms with Gasteiger partial charge in [-0.15, -0.1) is 0 Å². The molecule has 0 amide bonds. The van der Waals surface area contributed by atoms with Crippen molar-refractivity contribution >= 4 is 22.4 Å². The van der Waals surface area contributed by atoms with Gasteiger partial charge in [0.1, 0.15) is 18.8 Å². The fourth-order valence-corrected chi connectivity index (χ4v) is 3.40. The van der Waals surface area contributed by atoms with Crippen LogP contribution in [0.25, 0.3) is 10.9 Å². The third-order valence-corrected chi connectivity index (χ3v) is 4.97. The zero-order valence-electron chi connectivity index (χ0n) is 16.9. The van der Waals surface area contributed by atoms with E-state index in [2.05, 4.69) is 39.2 Å². The molecule has 4 rings (SSSR count). The van der Waals surface area contributed by atoms with Gasteiger partial charge < -0.3 is 19.5 Å². The van der Waals surface area contributed by atoms with E-state index in [4.69, 9.17) is 14.2 Å². The maximum atomic E-state index is 6.02. The molecule has 2 aromatic carbocycles. The topological polar surface area (TPSA) is 68.7 Å². The number of hydrogen-bond acceptors (Lipinski definition) is 7. The molecule has 1 aliphatic heterocycles. The minimum atomic E-state index is 0.585. The Bertz CT molecular complexity index is 973. The van der Waals surface area contributed by atoms with Gasteiger partial charge in [-0.3, -0.25) is 4.90 Å². The Morgan fingerprint density at radius 2 is 1.97 bits per heavy atom. The molecule has 1 aromatic heterocycles. The molecule has 152 valence electrons. The average molecular weight is 394 g/mol. The first-order valence-electron chi connectivity index (χ1n) is 9.82. The zero-order valence-corrected chi connectivity index (χ0v) is 16.9. The zero-order chi connectivity index (χ0) is 20.1. The van der Waals surface area contributed by atoms with E-state index in [9.17, 15) is 0 Å². The highest BCUT2D eigenvalue weighted by Crippen LogP contribution is 2.34. The Balaban J connectivity index is 1.54. The van der Waals surface area contributed by atoms with Gasteiger partial charge in [0.2, 0.25) is 0 Å². The largest absolute Gasteiger partial charge is 0.493 e. The minimum Gasteiger partial charge on any atom is -0.493 e. The molecule has 0 unspecified atom stereocenters. The van der Waals surface area contributed by atoms with Crippen LogP contribution in [0, 0.1) is 6.92 Å². The van der Waals surface area contributed by atoms with Crippen LogP contribution in [0.1, 0.15) is 5.56 Å². The van der Waals surface area contributed by atoms with Crippen LogP contribution < -0.4 is 14.8 Å². The third kappa shape index (κ3) is 4.75. The molecular weight excluding hydrogens is 368 g/mol. The first kappa shape index (κ1) is 19.4. The van der Waals surface area contributed by atoms with Gasteiger partial charge in [0, 0.05) is 36.8 Å². The highest BCUT2D eigenvalue weighted by Gasteiger charge is 2.14. The second-order valence-corrected chi connectivity index (χ2v) is 7.04. The number of aromatic nitrogens is 2. The number of nitrogens with zero attached hydrogens (tertiary/aromatic N) is 3. The first-order valence-corrected chi connectivity index (χ1v) is 9.82. The molecular formula is C22H26N4O3. The number of anilines is 2. The van der Waals surface area contributed by atoms with Gasteiger partial charge in [-0.1, -0.05) is 12.1 Å². The van der Waals surface area contributed by atoms with Crippen molar-refractivity contribution in [1.29, 1.82) is 0 Å². The Kier molecular flexibility index (Phi) is 6.07. The molecule has 1 saturated heterocycles. The van der Waals surface area contributed by atoms with Crippen molar-refractivity contribution in [3.63, 3.8) is 0 Å². The summed E-state index contributed by atoms with van der Waals surface area (Å²) in [6, 6.07) is 12.0. The maximum absolute atomic E-state index is 6.02. The maximum Gasteiger partial charge on any atom is 0.163 e.